The van der Waals surface area contributed by atoms with E-state index in [9.17, 15) is 0 Å². The summed E-state index contributed by atoms with van der Waals surface area (Å²) in [5, 5.41) is 0. The Morgan fingerprint density at radius 3 is 2.88 bits per heavy atom. The molecule has 0 fully saturated rings. The zero-order valence-electron chi connectivity index (χ0n) is 10.2. The summed E-state index contributed by atoms with van der Waals surface area (Å²) in [4.78, 5) is 4.28. The van der Waals surface area contributed by atoms with Crippen LogP contribution in [0.25, 0.3) is 11.3 Å². The van der Waals surface area contributed by atoms with Crippen molar-refractivity contribution in [1.82, 2.24) is 4.98 Å². The van der Waals surface area contributed by atoms with Crippen LogP contribution >= 0.6 is 11.6 Å². The van der Waals surface area contributed by atoms with Crippen molar-refractivity contribution in [3.63, 3.8) is 0 Å². The molecule has 1 aromatic carbocycles. The molecule has 0 unspecified atom stereocenters. The molecular weight excluding hydrogens is 234 g/mol. The molecule has 2 aromatic rings. The Kier molecular flexibility index (Phi) is 3.85. The van der Waals surface area contributed by atoms with Gasteiger partial charge in [0.05, 0.1) is 6.20 Å². The molecular formula is C14H16ClNO. The lowest BCUT2D eigenvalue weighted by atomic mass is 10.0. The van der Waals surface area contributed by atoms with Crippen LogP contribution in [0.2, 0.25) is 0 Å². The van der Waals surface area contributed by atoms with Gasteiger partial charge >= 0.3 is 0 Å². The Morgan fingerprint density at radius 2 is 2.12 bits per heavy atom. The van der Waals surface area contributed by atoms with E-state index >= 15 is 0 Å². The average molecular weight is 250 g/mol. The van der Waals surface area contributed by atoms with E-state index in [2.05, 4.69) is 37.0 Å². The zero-order valence-corrected chi connectivity index (χ0v) is 10.9. The van der Waals surface area contributed by atoms with Gasteiger partial charge in [0.2, 0.25) is 0 Å². The van der Waals surface area contributed by atoms with Gasteiger partial charge in [-0.25, -0.2) is 4.98 Å². The molecule has 0 aliphatic rings. The Labute approximate surface area is 107 Å². The Morgan fingerprint density at radius 1 is 1.29 bits per heavy atom. The maximum absolute atomic E-state index is 5.74. The van der Waals surface area contributed by atoms with E-state index in [4.69, 9.17) is 16.0 Å². The molecule has 0 aliphatic heterocycles. The second-order valence-corrected chi connectivity index (χ2v) is 4.61. The highest BCUT2D eigenvalue weighted by atomic mass is 35.5. The van der Waals surface area contributed by atoms with E-state index in [1.54, 1.807) is 6.20 Å². The molecule has 90 valence electrons. The lowest BCUT2D eigenvalue weighted by Gasteiger charge is -2.03. The van der Waals surface area contributed by atoms with Crippen molar-refractivity contribution in [2.75, 3.05) is 5.88 Å². The number of nitrogens with zero attached hydrogens (tertiary/aromatic N) is 1. The topological polar surface area (TPSA) is 26.0 Å². The zero-order chi connectivity index (χ0) is 12.3. The standard InChI is InChI=1S/C14H16ClNO/c1-10-5-6-11(2)12(8-10)13-9-16-14(17-13)4-3-7-15/h5-6,8-9H,3-4,7H2,1-2H3. The number of aromatic nitrogens is 1. The number of alkyl halides is 1. The molecule has 2 nitrogen and oxygen atoms in total. The van der Waals surface area contributed by atoms with Crippen molar-refractivity contribution in [3.8, 4) is 11.3 Å². The molecule has 1 aromatic heterocycles. The molecule has 0 saturated carbocycles. The Bertz CT molecular complexity index is 505. The second kappa shape index (κ2) is 5.37. The number of rotatable bonds is 4. The van der Waals surface area contributed by atoms with Crippen LogP contribution in [-0.2, 0) is 6.42 Å². The SMILES string of the molecule is Cc1ccc(C)c(-c2cnc(CCCCl)o2)c1. The highest BCUT2D eigenvalue weighted by Gasteiger charge is 2.08. The average Bonchev–Trinajstić information content (AvgIpc) is 2.78. The fourth-order valence-corrected chi connectivity index (χ4v) is 1.90. The van der Waals surface area contributed by atoms with Crippen molar-refractivity contribution >= 4 is 11.6 Å². The first kappa shape index (κ1) is 12.2. The molecule has 0 aliphatic carbocycles. The lowest BCUT2D eigenvalue weighted by Crippen LogP contribution is -1.85. The van der Waals surface area contributed by atoms with Gasteiger partial charge in [-0.2, -0.15) is 0 Å². The van der Waals surface area contributed by atoms with Crippen molar-refractivity contribution in [3.05, 3.63) is 41.4 Å². The van der Waals surface area contributed by atoms with Crippen molar-refractivity contribution < 1.29 is 4.42 Å². The van der Waals surface area contributed by atoms with Gasteiger partial charge in [0, 0.05) is 17.9 Å². The summed E-state index contributed by atoms with van der Waals surface area (Å²) in [6.07, 6.45) is 3.49. The van der Waals surface area contributed by atoms with Crippen LogP contribution in [0.1, 0.15) is 23.4 Å². The van der Waals surface area contributed by atoms with Gasteiger partial charge < -0.3 is 4.42 Å². The molecule has 0 bridgehead atoms. The molecule has 2 rings (SSSR count). The minimum atomic E-state index is 0.640. The molecule has 0 amide bonds. The molecule has 0 atom stereocenters. The number of aryl methyl sites for hydroxylation is 3. The number of oxazole rings is 1. The van der Waals surface area contributed by atoms with Crippen LogP contribution in [0.3, 0.4) is 0 Å². The summed E-state index contributed by atoms with van der Waals surface area (Å²) in [5.74, 6) is 2.25. The van der Waals surface area contributed by atoms with Gasteiger partial charge in [-0.15, -0.1) is 11.6 Å². The molecule has 0 spiro atoms. The maximum atomic E-state index is 5.74. The van der Waals surface area contributed by atoms with Crippen LogP contribution in [0.15, 0.2) is 28.8 Å². The number of halogens is 1. The molecule has 17 heavy (non-hydrogen) atoms. The highest BCUT2D eigenvalue weighted by molar-refractivity contribution is 6.17. The predicted molar refractivity (Wildman–Crippen MR) is 70.5 cm³/mol. The van der Waals surface area contributed by atoms with Crippen molar-refractivity contribution in [1.29, 1.82) is 0 Å². The minimum absolute atomic E-state index is 0.640. The van der Waals surface area contributed by atoms with Crippen LogP contribution < -0.4 is 0 Å². The quantitative estimate of drug-likeness (QED) is 0.762. The number of benzene rings is 1. The third kappa shape index (κ3) is 2.89. The Balaban J connectivity index is 2.27. The van der Waals surface area contributed by atoms with Gasteiger partial charge in [0.1, 0.15) is 0 Å². The van der Waals surface area contributed by atoms with E-state index in [1.807, 2.05) is 0 Å². The summed E-state index contributed by atoms with van der Waals surface area (Å²) in [5.41, 5.74) is 3.55. The summed E-state index contributed by atoms with van der Waals surface area (Å²) in [6.45, 7) is 4.16. The third-order valence-electron chi connectivity index (χ3n) is 2.74. The van der Waals surface area contributed by atoms with Crippen molar-refractivity contribution in [2.24, 2.45) is 0 Å². The van der Waals surface area contributed by atoms with Crippen LogP contribution in [0.5, 0.6) is 0 Å². The monoisotopic (exact) mass is 249 g/mol. The normalized spacial score (nSPS) is 10.8. The van der Waals surface area contributed by atoms with Crippen molar-refractivity contribution in [2.45, 2.75) is 26.7 Å². The Hall–Kier alpha value is -1.28. The first-order valence-electron chi connectivity index (χ1n) is 5.79. The molecule has 0 radical (unpaired) electrons. The lowest BCUT2D eigenvalue weighted by molar-refractivity contribution is 0.503. The fraction of sp³-hybridized carbons (Fsp3) is 0.357. The molecule has 0 N–H and O–H groups in total. The van der Waals surface area contributed by atoms with Gasteiger partial charge in [-0.1, -0.05) is 17.7 Å². The third-order valence-corrected chi connectivity index (χ3v) is 3.00. The van der Waals surface area contributed by atoms with Crippen LogP contribution in [0, 0.1) is 13.8 Å². The van der Waals surface area contributed by atoms with Gasteiger partial charge in [-0.3, -0.25) is 0 Å². The molecule has 3 heteroatoms. The summed E-state index contributed by atoms with van der Waals surface area (Å²) >= 11 is 5.65. The fourth-order valence-electron chi connectivity index (χ4n) is 1.77. The van der Waals surface area contributed by atoms with Crippen LogP contribution in [-0.4, -0.2) is 10.9 Å². The van der Waals surface area contributed by atoms with Gasteiger partial charge in [0.25, 0.3) is 0 Å². The first-order chi connectivity index (χ1) is 8.20. The minimum Gasteiger partial charge on any atom is -0.441 e. The summed E-state index contributed by atoms with van der Waals surface area (Å²) < 4.78 is 5.74. The smallest absolute Gasteiger partial charge is 0.194 e. The summed E-state index contributed by atoms with van der Waals surface area (Å²) in [7, 11) is 0. The second-order valence-electron chi connectivity index (χ2n) is 4.23. The first-order valence-corrected chi connectivity index (χ1v) is 6.32. The van der Waals surface area contributed by atoms with Crippen LogP contribution in [0.4, 0.5) is 0 Å². The van der Waals surface area contributed by atoms with Gasteiger partial charge in [-0.05, 0) is 31.9 Å². The molecule has 1 heterocycles. The van der Waals surface area contributed by atoms with Gasteiger partial charge in [0.15, 0.2) is 11.7 Å². The number of hydrogen-bond acceptors (Lipinski definition) is 2. The van der Waals surface area contributed by atoms with E-state index in [1.165, 1.54) is 11.1 Å². The predicted octanol–water partition coefficient (Wildman–Crippen LogP) is 4.13. The van der Waals surface area contributed by atoms with E-state index in [0.29, 0.717) is 5.88 Å². The largest absolute Gasteiger partial charge is 0.441 e. The highest BCUT2D eigenvalue weighted by Crippen LogP contribution is 2.25. The summed E-state index contributed by atoms with van der Waals surface area (Å²) in [6, 6.07) is 6.33. The van der Waals surface area contributed by atoms with E-state index in [0.717, 1.165) is 30.1 Å². The van der Waals surface area contributed by atoms with E-state index in [-0.39, 0.29) is 0 Å². The van der Waals surface area contributed by atoms with E-state index < -0.39 is 0 Å². The molecule has 0 saturated heterocycles. The number of hydrogen-bond donors (Lipinski definition) is 0. The maximum Gasteiger partial charge on any atom is 0.194 e.